The Morgan fingerprint density at radius 3 is 2.23 bits per heavy atom. The van der Waals surface area contributed by atoms with Crippen LogP contribution < -0.4 is 14.4 Å². The predicted octanol–water partition coefficient (Wildman–Crippen LogP) is 5.76. The van der Waals surface area contributed by atoms with Crippen LogP contribution in [0.25, 0.3) is 0 Å². The molecule has 3 rings (SSSR count). The summed E-state index contributed by atoms with van der Waals surface area (Å²) in [5.74, 6) is -0.0581. The number of aryl methyl sites for hydroxylation is 1. The molecule has 0 radical (unpaired) electrons. The molecule has 0 heterocycles. The highest BCUT2D eigenvalue weighted by Gasteiger charge is 2.32. The molecule has 0 aliphatic heterocycles. The minimum Gasteiger partial charge on any atom is -0.495 e. The van der Waals surface area contributed by atoms with E-state index in [0.29, 0.717) is 17.9 Å². The van der Waals surface area contributed by atoms with Crippen LogP contribution in [-0.4, -0.2) is 56.6 Å². The number of amides is 2. The summed E-state index contributed by atoms with van der Waals surface area (Å²) in [4.78, 5) is 29.4. The smallest absolute Gasteiger partial charge is 0.243 e. The molecule has 0 aliphatic carbocycles. The van der Waals surface area contributed by atoms with E-state index in [1.807, 2.05) is 82.3 Å². The van der Waals surface area contributed by atoms with Gasteiger partial charge >= 0.3 is 0 Å². The average Bonchev–Trinajstić information content (AvgIpc) is 2.92. The van der Waals surface area contributed by atoms with E-state index in [2.05, 4.69) is 5.32 Å². The Balaban J connectivity index is 1.91. The van der Waals surface area contributed by atoms with Crippen molar-refractivity contribution in [2.75, 3.05) is 24.2 Å². The second kappa shape index (κ2) is 14.8. The normalized spacial score (nSPS) is 12.3. The lowest BCUT2D eigenvalue weighted by molar-refractivity contribution is -0.142. The molecule has 0 spiro atoms. The number of carbonyl (C=O) groups excluding carboxylic acids is 2. The number of sulfonamides is 1. The lowest BCUT2D eigenvalue weighted by atomic mass is 9.99. The largest absolute Gasteiger partial charge is 0.495 e. The molecular weight excluding hydrogens is 586 g/mol. The monoisotopic (exact) mass is 627 g/mol. The number of methoxy groups -OCH3 is 1. The lowest BCUT2D eigenvalue weighted by Crippen LogP contribution is -2.54. The number of ether oxygens (including phenoxy) is 1. The molecule has 3 aromatic rings. The Bertz CT molecular complexity index is 1510. The van der Waals surface area contributed by atoms with Crippen LogP contribution >= 0.6 is 11.6 Å². The molecule has 3 aromatic carbocycles. The highest BCUT2D eigenvalue weighted by atomic mass is 35.5. The van der Waals surface area contributed by atoms with Gasteiger partial charge in [-0.2, -0.15) is 0 Å². The Kier molecular flexibility index (Phi) is 11.6. The van der Waals surface area contributed by atoms with Gasteiger partial charge in [0.1, 0.15) is 11.8 Å². The molecule has 0 aliphatic rings. The molecule has 1 unspecified atom stereocenters. The first-order valence-electron chi connectivity index (χ1n) is 14.2. The number of anilines is 1. The first kappa shape index (κ1) is 33.9. The molecule has 43 heavy (non-hydrogen) atoms. The van der Waals surface area contributed by atoms with Crippen molar-refractivity contribution in [1.82, 2.24) is 10.2 Å². The first-order valence-corrected chi connectivity index (χ1v) is 16.4. The zero-order valence-electron chi connectivity index (χ0n) is 25.8. The van der Waals surface area contributed by atoms with Crippen molar-refractivity contribution in [3.05, 3.63) is 94.5 Å². The molecule has 0 saturated carbocycles. The van der Waals surface area contributed by atoms with Crippen molar-refractivity contribution in [3.8, 4) is 5.75 Å². The van der Waals surface area contributed by atoms with E-state index < -0.39 is 21.6 Å². The maximum absolute atomic E-state index is 14.0. The summed E-state index contributed by atoms with van der Waals surface area (Å²) in [6.45, 7) is 7.99. The second-order valence-electron chi connectivity index (χ2n) is 11.7. The van der Waals surface area contributed by atoms with Crippen LogP contribution in [0.15, 0.2) is 72.8 Å². The van der Waals surface area contributed by atoms with Crippen molar-refractivity contribution in [3.63, 3.8) is 0 Å². The Hall–Kier alpha value is -3.56. The fourth-order valence-corrected chi connectivity index (χ4v) is 6.00. The third-order valence-corrected chi connectivity index (χ3v) is 8.44. The van der Waals surface area contributed by atoms with E-state index in [1.165, 1.54) is 17.5 Å². The molecule has 1 atom stereocenters. The molecule has 232 valence electrons. The van der Waals surface area contributed by atoms with Gasteiger partial charge in [0.15, 0.2) is 0 Å². The summed E-state index contributed by atoms with van der Waals surface area (Å²) >= 11 is 6.27. The van der Waals surface area contributed by atoms with Crippen molar-refractivity contribution in [2.45, 2.75) is 65.1 Å². The van der Waals surface area contributed by atoms with Crippen LogP contribution in [0.1, 0.15) is 50.3 Å². The molecule has 0 saturated heterocycles. The number of nitrogens with one attached hydrogen (secondary N) is 1. The van der Waals surface area contributed by atoms with Gasteiger partial charge < -0.3 is 15.0 Å². The van der Waals surface area contributed by atoms with Gasteiger partial charge in [0.2, 0.25) is 21.8 Å². The second-order valence-corrected chi connectivity index (χ2v) is 14.0. The molecule has 0 fully saturated rings. The Labute approximate surface area is 261 Å². The molecule has 1 N–H and O–H groups in total. The van der Waals surface area contributed by atoms with Crippen LogP contribution in [0.3, 0.4) is 0 Å². The maximum Gasteiger partial charge on any atom is 0.243 e. The number of hydrogen-bond donors (Lipinski definition) is 1. The number of rotatable bonds is 13. The van der Waals surface area contributed by atoms with Gasteiger partial charge in [0.05, 0.1) is 24.1 Å². The Morgan fingerprint density at radius 1 is 1.00 bits per heavy atom. The highest BCUT2D eigenvalue weighted by molar-refractivity contribution is 7.92. The van der Waals surface area contributed by atoms with Crippen LogP contribution in [0.2, 0.25) is 5.02 Å². The van der Waals surface area contributed by atoms with E-state index in [0.717, 1.165) is 22.9 Å². The minimum atomic E-state index is -3.67. The summed E-state index contributed by atoms with van der Waals surface area (Å²) in [5, 5.41) is 3.34. The van der Waals surface area contributed by atoms with Crippen LogP contribution in [-0.2, 0) is 32.6 Å². The Morgan fingerprint density at radius 2 is 1.65 bits per heavy atom. The molecule has 8 nitrogen and oxygen atoms in total. The van der Waals surface area contributed by atoms with Gasteiger partial charge in [-0.15, -0.1) is 0 Å². The molecule has 0 aromatic heterocycles. The van der Waals surface area contributed by atoms with Gasteiger partial charge in [-0.05, 0) is 69.0 Å². The lowest BCUT2D eigenvalue weighted by Gasteiger charge is -2.34. The average molecular weight is 628 g/mol. The summed E-state index contributed by atoms with van der Waals surface area (Å²) in [6.07, 6.45) is 1.72. The quantitative estimate of drug-likeness (QED) is 0.260. The van der Waals surface area contributed by atoms with Crippen molar-refractivity contribution < 1.29 is 22.7 Å². The molecule has 10 heteroatoms. The maximum atomic E-state index is 14.0. The SMILES string of the molecule is COc1ccc(N(CCCC(=O)N(Cc2ccccc2C)C(Cc2ccccc2)C(=O)NC(C)(C)C)S(C)(=O)=O)cc1Cl. The minimum absolute atomic E-state index is 0.0376. The topological polar surface area (TPSA) is 96.0 Å². The standard InChI is InChI=1S/C33H42ClN3O5S/c1-24-13-10-11-16-26(24)23-36(29(32(39)35-33(2,3)4)21-25-14-8-7-9-15-25)31(38)17-12-20-37(43(6,40)41)27-18-19-30(42-5)28(34)22-27/h7-11,13-16,18-19,22,29H,12,17,20-21,23H2,1-6H3,(H,35,39). The number of carbonyl (C=O) groups is 2. The predicted molar refractivity (Wildman–Crippen MR) is 173 cm³/mol. The zero-order valence-corrected chi connectivity index (χ0v) is 27.3. The molecule has 0 bridgehead atoms. The fraction of sp³-hybridized carbons (Fsp3) is 0.394. The van der Waals surface area contributed by atoms with Gasteiger partial charge in [-0.25, -0.2) is 8.42 Å². The third kappa shape index (κ3) is 10.0. The van der Waals surface area contributed by atoms with Gasteiger partial charge in [-0.3, -0.25) is 13.9 Å². The van der Waals surface area contributed by atoms with E-state index in [1.54, 1.807) is 17.0 Å². The number of benzene rings is 3. The van der Waals surface area contributed by atoms with Crippen LogP contribution in [0.5, 0.6) is 5.75 Å². The van der Waals surface area contributed by atoms with E-state index in [9.17, 15) is 18.0 Å². The fourth-order valence-electron chi connectivity index (χ4n) is 4.79. The van der Waals surface area contributed by atoms with E-state index in [4.69, 9.17) is 16.3 Å². The summed E-state index contributed by atoms with van der Waals surface area (Å²) in [7, 11) is -2.19. The summed E-state index contributed by atoms with van der Waals surface area (Å²) < 4.78 is 31.9. The van der Waals surface area contributed by atoms with Crippen LogP contribution in [0, 0.1) is 6.92 Å². The number of nitrogens with zero attached hydrogens (tertiary/aromatic N) is 2. The molecule has 2 amide bonds. The van der Waals surface area contributed by atoms with Crippen molar-refractivity contribution >= 4 is 39.1 Å². The van der Waals surface area contributed by atoms with Gasteiger partial charge in [-0.1, -0.05) is 66.2 Å². The first-order chi connectivity index (χ1) is 20.2. The van der Waals surface area contributed by atoms with E-state index in [-0.39, 0.29) is 42.8 Å². The third-order valence-electron chi connectivity index (χ3n) is 6.95. The van der Waals surface area contributed by atoms with Gasteiger partial charge in [0, 0.05) is 31.5 Å². The summed E-state index contributed by atoms with van der Waals surface area (Å²) in [6, 6.07) is 21.4. The van der Waals surface area contributed by atoms with Gasteiger partial charge in [0.25, 0.3) is 0 Å². The van der Waals surface area contributed by atoms with E-state index >= 15 is 0 Å². The zero-order chi connectivity index (χ0) is 31.8. The van der Waals surface area contributed by atoms with Crippen LogP contribution in [0.4, 0.5) is 5.69 Å². The number of hydrogen-bond acceptors (Lipinski definition) is 5. The number of halogens is 1. The summed E-state index contributed by atoms with van der Waals surface area (Å²) in [5.41, 5.74) is 2.75. The van der Waals surface area contributed by atoms with Crippen molar-refractivity contribution in [1.29, 1.82) is 0 Å². The molecular formula is C33H42ClN3O5S. The van der Waals surface area contributed by atoms with Crippen molar-refractivity contribution in [2.24, 2.45) is 0 Å². The highest BCUT2D eigenvalue weighted by Crippen LogP contribution is 2.30.